The van der Waals surface area contributed by atoms with Gasteiger partial charge in [0.15, 0.2) is 0 Å². The SMILES string of the molecule is CCn1nnc2cc(C(=O)N3C[C@@H](O)[C@@H](O)C3)ccc21. The van der Waals surface area contributed by atoms with Crippen LogP contribution in [0.4, 0.5) is 0 Å². The minimum atomic E-state index is -0.872. The van der Waals surface area contributed by atoms with E-state index >= 15 is 0 Å². The number of hydrogen-bond donors (Lipinski definition) is 2. The Morgan fingerprint density at radius 2 is 2.05 bits per heavy atom. The first-order chi connectivity index (χ1) is 9.60. The first-order valence-corrected chi connectivity index (χ1v) is 6.58. The summed E-state index contributed by atoms with van der Waals surface area (Å²) >= 11 is 0. The Kier molecular flexibility index (Phi) is 3.15. The second kappa shape index (κ2) is 4.84. The van der Waals surface area contributed by atoms with Crippen LogP contribution in [0.5, 0.6) is 0 Å². The molecule has 20 heavy (non-hydrogen) atoms. The van der Waals surface area contributed by atoms with Gasteiger partial charge in [0.25, 0.3) is 5.91 Å². The number of benzene rings is 1. The fraction of sp³-hybridized carbons (Fsp3) is 0.462. The van der Waals surface area contributed by atoms with Crippen LogP contribution in [0.15, 0.2) is 18.2 Å². The van der Waals surface area contributed by atoms with Gasteiger partial charge < -0.3 is 15.1 Å². The van der Waals surface area contributed by atoms with E-state index in [0.717, 1.165) is 5.52 Å². The maximum Gasteiger partial charge on any atom is 0.254 e. The summed E-state index contributed by atoms with van der Waals surface area (Å²) in [6, 6.07) is 5.22. The molecule has 0 bridgehead atoms. The Bertz CT molecular complexity index is 644. The third-order valence-electron chi connectivity index (χ3n) is 3.61. The van der Waals surface area contributed by atoms with Gasteiger partial charge in [-0.2, -0.15) is 0 Å². The second-order valence-electron chi connectivity index (χ2n) is 4.95. The van der Waals surface area contributed by atoms with Gasteiger partial charge in [0.2, 0.25) is 0 Å². The van der Waals surface area contributed by atoms with Gasteiger partial charge in [-0.1, -0.05) is 5.21 Å². The van der Waals surface area contributed by atoms with E-state index in [1.807, 2.05) is 13.0 Å². The summed E-state index contributed by atoms with van der Waals surface area (Å²) in [6.45, 7) is 2.99. The van der Waals surface area contributed by atoms with Crippen LogP contribution in [0.3, 0.4) is 0 Å². The molecule has 0 aliphatic carbocycles. The van der Waals surface area contributed by atoms with Gasteiger partial charge in [0.1, 0.15) is 5.52 Å². The van der Waals surface area contributed by atoms with Crippen LogP contribution in [0, 0.1) is 0 Å². The molecule has 0 unspecified atom stereocenters. The van der Waals surface area contributed by atoms with Crippen LogP contribution in [0.1, 0.15) is 17.3 Å². The van der Waals surface area contributed by atoms with Crippen molar-refractivity contribution in [1.82, 2.24) is 19.9 Å². The highest BCUT2D eigenvalue weighted by atomic mass is 16.3. The zero-order valence-corrected chi connectivity index (χ0v) is 11.1. The molecule has 2 heterocycles. The van der Waals surface area contributed by atoms with E-state index in [1.165, 1.54) is 4.90 Å². The number of carbonyl (C=O) groups excluding carboxylic acids is 1. The van der Waals surface area contributed by atoms with Gasteiger partial charge in [-0.05, 0) is 25.1 Å². The standard InChI is InChI=1S/C13H16N4O3/c1-2-17-10-4-3-8(5-9(10)14-15-17)13(20)16-6-11(18)12(19)7-16/h3-5,11-12,18-19H,2,6-7H2,1H3/t11-,12+. The smallest absolute Gasteiger partial charge is 0.254 e. The molecule has 0 saturated carbocycles. The Balaban J connectivity index is 1.89. The lowest BCUT2D eigenvalue weighted by molar-refractivity contribution is 0.0572. The van der Waals surface area contributed by atoms with Crippen LogP contribution < -0.4 is 0 Å². The van der Waals surface area contributed by atoms with Crippen LogP contribution >= 0.6 is 0 Å². The van der Waals surface area contributed by atoms with Gasteiger partial charge in [-0.3, -0.25) is 4.79 Å². The number of aliphatic hydroxyl groups is 2. The quantitative estimate of drug-likeness (QED) is 0.781. The van der Waals surface area contributed by atoms with E-state index in [0.29, 0.717) is 17.6 Å². The molecule has 0 radical (unpaired) electrons. The number of aliphatic hydroxyl groups excluding tert-OH is 2. The Morgan fingerprint density at radius 1 is 1.35 bits per heavy atom. The van der Waals surface area contributed by atoms with Crippen LogP contribution in [-0.2, 0) is 6.54 Å². The number of hydrogen-bond acceptors (Lipinski definition) is 5. The predicted octanol–water partition coefficient (Wildman–Crippen LogP) is -0.371. The first-order valence-electron chi connectivity index (χ1n) is 6.58. The highest BCUT2D eigenvalue weighted by molar-refractivity contribution is 5.97. The molecular formula is C13H16N4O3. The molecule has 1 aromatic carbocycles. The number of fused-ring (bicyclic) bond motifs is 1. The zero-order valence-electron chi connectivity index (χ0n) is 11.1. The molecule has 1 saturated heterocycles. The van der Waals surface area contributed by atoms with Crippen molar-refractivity contribution >= 4 is 16.9 Å². The molecule has 1 aliphatic heterocycles. The Morgan fingerprint density at radius 3 is 2.70 bits per heavy atom. The highest BCUT2D eigenvalue weighted by Gasteiger charge is 2.33. The molecule has 1 fully saturated rings. The highest BCUT2D eigenvalue weighted by Crippen LogP contribution is 2.18. The Hall–Kier alpha value is -1.99. The van der Waals surface area contributed by atoms with Crippen molar-refractivity contribution in [2.45, 2.75) is 25.7 Å². The van der Waals surface area contributed by atoms with Crippen LogP contribution in [0.25, 0.3) is 11.0 Å². The molecule has 0 spiro atoms. The van der Waals surface area contributed by atoms with Gasteiger partial charge in [-0.15, -0.1) is 5.10 Å². The van der Waals surface area contributed by atoms with Crippen LogP contribution in [-0.4, -0.2) is 61.3 Å². The normalized spacial score (nSPS) is 22.6. The number of rotatable bonds is 2. The minimum absolute atomic E-state index is 0.152. The lowest BCUT2D eigenvalue weighted by Crippen LogP contribution is -2.29. The van der Waals surface area contributed by atoms with Crippen molar-refractivity contribution in [2.24, 2.45) is 0 Å². The fourth-order valence-corrected chi connectivity index (χ4v) is 2.46. The van der Waals surface area contributed by atoms with E-state index < -0.39 is 12.2 Å². The van der Waals surface area contributed by atoms with Crippen LogP contribution in [0.2, 0.25) is 0 Å². The number of β-amino-alcohol motifs (C(OH)–C–C–N with tert-alkyl or cyclic N) is 2. The largest absolute Gasteiger partial charge is 0.388 e. The van der Waals surface area contributed by atoms with E-state index in [-0.39, 0.29) is 19.0 Å². The van der Waals surface area contributed by atoms with Gasteiger partial charge >= 0.3 is 0 Å². The molecule has 7 heteroatoms. The molecule has 1 amide bonds. The third-order valence-corrected chi connectivity index (χ3v) is 3.61. The number of likely N-dealkylation sites (tertiary alicyclic amines) is 1. The average molecular weight is 276 g/mol. The molecule has 1 aliphatic rings. The lowest BCUT2D eigenvalue weighted by atomic mass is 10.1. The zero-order chi connectivity index (χ0) is 14.3. The molecule has 2 atom stereocenters. The van der Waals surface area contributed by atoms with Crippen molar-refractivity contribution in [3.05, 3.63) is 23.8 Å². The number of carbonyl (C=O) groups is 1. The minimum Gasteiger partial charge on any atom is -0.388 e. The molecule has 1 aromatic heterocycles. The number of nitrogens with zero attached hydrogens (tertiary/aromatic N) is 4. The summed E-state index contributed by atoms with van der Waals surface area (Å²) in [6.07, 6.45) is -1.74. The summed E-state index contributed by atoms with van der Waals surface area (Å²) in [5.74, 6) is -0.214. The summed E-state index contributed by atoms with van der Waals surface area (Å²) < 4.78 is 1.76. The number of aromatic nitrogens is 3. The first kappa shape index (κ1) is 13.0. The summed E-state index contributed by atoms with van der Waals surface area (Å²) in [5, 5.41) is 27.0. The topological polar surface area (TPSA) is 91.5 Å². The second-order valence-corrected chi connectivity index (χ2v) is 4.95. The van der Waals surface area contributed by atoms with E-state index in [2.05, 4.69) is 10.3 Å². The van der Waals surface area contributed by atoms with Gasteiger partial charge in [0.05, 0.1) is 17.7 Å². The maximum absolute atomic E-state index is 12.3. The molecule has 3 rings (SSSR count). The average Bonchev–Trinajstić information content (AvgIpc) is 3.01. The van der Waals surface area contributed by atoms with E-state index in [1.54, 1.807) is 16.8 Å². The summed E-state index contributed by atoms with van der Waals surface area (Å²) in [4.78, 5) is 13.8. The van der Waals surface area contributed by atoms with Gasteiger partial charge in [-0.25, -0.2) is 4.68 Å². The number of amides is 1. The van der Waals surface area contributed by atoms with E-state index in [4.69, 9.17) is 0 Å². The molecule has 106 valence electrons. The van der Waals surface area contributed by atoms with E-state index in [9.17, 15) is 15.0 Å². The molecule has 2 aromatic rings. The predicted molar refractivity (Wildman–Crippen MR) is 71.1 cm³/mol. The number of aryl methyl sites for hydroxylation is 1. The van der Waals surface area contributed by atoms with Crippen molar-refractivity contribution < 1.29 is 15.0 Å². The Labute approximate surface area is 115 Å². The maximum atomic E-state index is 12.3. The molecular weight excluding hydrogens is 260 g/mol. The summed E-state index contributed by atoms with van der Waals surface area (Å²) in [5.41, 5.74) is 2.03. The van der Waals surface area contributed by atoms with Crippen molar-refractivity contribution in [3.8, 4) is 0 Å². The van der Waals surface area contributed by atoms with Gasteiger partial charge in [0, 0.05) is 25.2 Å². The third kappa shape index (κ3) is 2.04. The van der Waals surface area contributed by atoms with Crippen molar-refractivity contribution in [2.75, 3.05) is 13.1 Å². The summed E-state index contributed by atoms with van der Waals surface area (Å²) in [7, 11) is 0. The molecule has 7 nitrogen and oxygen atoms in total. The lowest BCUT2D eigenvalue weighted by Gasteiger charge is -2.15. The monoisotopic (exact) mass is 276 g/mol. The van der Waals surface area contributed by atoms with Crippen molar-refractivity contribution in [3.63, 3.8) is 0 Å². The molecule has 2 N–H and O–H groups in total. The van der Waals surface area contributed by atoms with Crippen molar-refractivity contribution in [1.29, 1.82) is 0 Å². The fourth-order valence-electron chi connectivity index (χ4n) is 2.46.